The number of fused-ring (bicyclic) bond motifs is 1. The first kappa shape index (κ1) is 26.6. The van der Waals surface area contributed by atoms with E-state index in [1.807, 2.05) is 6.08 Å². The number of anilines is 1. The number of hydrogen-bond donors (Lipinski definition) is 3. The molecule has 4 N–H and O–H groups in total. The summed E-state index contributed by atoms with van der Waals surface area (Å²) >= 11 is 3.43. The van der Waals surface area contributed by atoms with E-state index in [1.165, 1.54) is 33.1 Å². The van der Waals surface area contributed by atoms with Gasteiger partial charge in [0.2, 0.25) is 16.7 Å². The Morgan fingerprint density at radius 1 is 1.44 bits per heavy atom. The van der Waals surface area contributed by atoms with E-state index in [1.54, 1.807) is 0 Å². The minimum absolute atomic E-state index is 0.0360. The number of hydrogen-bond acceptors (Lipinski definition) is 14. The van der Waals surface area contributed by atoms with Crippen LogP contribution in [0.25, 0.3) is 0 Å². The molecule has 1 saturated heterocycles. The number of nitrogen functional groups attached to an aromatic ring is 1. The maximum Gasteiger partial charge on any atom is 0.352 e. The summed E-state index contributed by atoms with van der Waals surface area (Å²) < 4.78 is 5.46. The fraction of sp³-hybridized carbons (Fsp3) is 0.381. The zero-order valence-corrected chi connectivity index (χ0v) is 22.5. The molecule has 2 aromatic rings. The molecular formula is C21H20N10O5S3. The Morgan fingerprint density at radius 3 is 2.97 bits per heavy atom. The molecule has 1 fully saturated rings. The van der Waals surface area contributed by atoms with Crippen LogP contribution in [-0.2, 0) is 25.8 Å². The van der Waals surface area contributed by atoms with Crippen molar-refractivity contribution in [1.82, 2.24) is 39.8 Å². The number of carboxylic acid groups (broad SMARTS) is 1. The maximum atomic E-state index is 13.2. The fourth-order valence-electron chi connectivity index (χ4n) is 3.98. The minimum atomic E-state index is -1.25. The second-order valence-corrected chi connectivity index (χ2v) is 11.1. The molecule has 1 aliphatic carbocycles. The standard InChI is InChI=1S/C21H20N10O5S3/c1-2-7-30-21(25-28-29-30)38-9-10-8-37-18-13(17(33)31(18)14(10)19(34)35)23-16(32)12(15-24-20(22)39-27-15)26-36-11-5-3-4-6-11/h1,5,13,18H,3-4,6-9H2,(H,23,32)(H,34,35)(H2,22,24,27)/t13?,18-/m1/s1. The number of nitrogens with two attached hydrogens (primary N) is 1. The van der Waals surface area contributed by atoms with Gasteiger partial charge in [0.1, 0.15) is 29.4 Å². The maximum absolute atomic E-state index is 13.2. The molecule has 15 nitrogen and oxygen atoms in total. The Hall–Kier alpha value is -3.95. The lowest BCUT2D eigenvalue weighted by molar-refractivity contribution is -0.150. The molecule has 202 valence electrons. The van der Waals surface area contributed by atoms with E-state index >= 15 is 0 Å². The van der Waals surface area contributed by atoms with Crippen LogP contribution in [0.1, 0.15) is 25.1 Å². The van der Waals surface area contributed by atoms with E-state index < -0.39 is 29.2 Å². The highest BCUT2D eigenvalue weighted by Gasteiger charge is 2.54. The second kappa shape index (κ2) is 11.4. The Labute approximate surface area is 233 Å². The smallest absolute Gasteiger partial charge is 0.352 e. The summed E-state index contributed by atoms with van der Waals surface area (Å²) in [4.78, 5) is 49.1. The average Bonchev–Trinajstić information content (AvgIpc) is 3.69. The predicted molar refractivity (Wildman–Crippen MR) is 141 cm³/mol. The normalized spacial score (nSPS) is 20.7. The number of amides is 2. The highest BCUT2D eigenvalue weighted by molar-refractivity contribution is 8.01. The third-order valence-corrected chi connectivity index (χ3v) is 8.70. The summed E-state index contributed by atoms with van der Waals surface area (Å²) in [6.07, 6.45) is 9.65. The quantitative estimate of drug-likeness (QED) is 0.111. The third-order valence-electron chi connectivity index (χ3n) is 5.77. The van der Waals surface area contributed by atoms with Gasteiger partial charge in [-0.3, -0.25) is 14.5 Å². The van der Waals surface area contributed by atoms with Crippen molar-refractivity contribution in [2.75, 3.05) is 17.2 Å². The SMILES string of the molecule is C#CCn1nnnc1SCC1=C(C(=O)O)N2C(=O)C(NC(=O)C(=NOC3=CCCC3)c3nsc(N)n3)[C@H]2SC1. The van der Waals surface area contributed by atoms with Gasteiger partial charge in [-0.1, -0.05) is 22.8 Å². The lowest BCUT2D eigenvalue weighted by atomic mass is 10.0. The van der Waals surface area contributed by atoms with Gasteiger partial charge < -0.3 is 21.0 Å². The van der Waals surface area contributed by atoms with Gasteiger partial charge in [-0.2, -0.15) is 9.36 Å². The van der Waals surface area contributed by atoms with Crippen LogP contribution >= 0.6 is 35.1 Å². The molecule has 2 aromatic heterocycles. The van der Waals surface area contributed by atoms with Crippen molar-refractivity contribution in [2.45, 2.75) is 42.4 Å². The number of nitrogens with one attached hydrogen (secondary N) is 1. The van der Waals surface area contributed by atoms with Gasteiger partial charge in [0.05, 0.1) is 0 Å². The van der Waals surface area contributed by atoms with Crippen molar-refractivity contribution in [3.8, 4) is 12.3 Å². The van der Waals surface area contributed by atoms with Crippen molar-refractivity contribution < 1.29 is 24.3 Å². The number of aromatic nitrogens is 6. The summed E-state index contributed by atoms with van der Waals surface area (Å²) in [6.45, 7) is 0.167. The summed E-state index contributed by atoms with van der Waals surface area (Å²) in [5, 5.41) is 27.7. The number of allylic oxidation sites excluding steroid dienone is 2. The monoisotopic (exact) mass is 588 g/mol. The summed E-state index contributed by atoms with van der Waals surface area (Å²) in [5.74, 6) is 1.01. The van der Waals surface area contributed by atoms with Gasteiger partial charge in [0.15, 0.2) is 5.13 Å². The van der Waals surface area contributed by atoms with Gasteiger partial charge in [0.25, 0.3) is 11.8 Å². The number of carbonyl (C=O) groups excluding carboxylic acids is 2. The molecule has 4 heterocycles. The molecule has 0 radical (unpaired) electrons. The van der Waals surface area contributed by atoms with E-state index in [2.05, 4.69) is 41.3 Å². The summed E-state index contributed by atoms with van der Waals surface area (Å²) in [5.41, 5.74) is 5.83. The molecule has 0 aromatic carbocycles. The van der Waals surface area contributed by atoms with Gasteiger partial charge in [-0.15, -0.1) is 23.3 Å². The topological polar surface area (TPSA) is 204 Å². The zero-order valence-electron chi connectivity index (χ0n) is 20.0. The second-order valence-electron chi connectivity index (χ2n) is 8.28. The number of aliphatic carboxylic acids is 1. The van der Waals surface area contributed by atoms with Crippen LogP contribution < -0.4 is 11.1 Å². The number of nitrogens with zero attached hydrogens (tertiary/aromatic N) is 8. The number of terminal acetylenes is 1. The van der Waals surface area contributed by atoms with Crippen molar-refractivity contribution in [1.29, 1.82) is 0 Å². The molecule has 18 heteroatoms. The highest BCUT2D eigenvalue weighted by Crippen LogP contribution is 2.41. The van der Waals surface area contributed by atoms with Crippen LogP contribution in [-0.4, -0.2) is 86.0 Å². The Morgan fingerprint density at radius 2 is 2.28 bits per heavy atom. The van der Waals surface area contributed by atoms with Crippen LogP contribution in [0.15, 0.2) is 33.4 Å². The van der Waals surface area contributed by atoms with Crippen LogP contribution in [0.4, 0.5) is 5.13 Å². The third kappa shape index (κ3) is 5.46. The molecule has 0 saturated carbocycles. The molecule has 2 aliphatic heterocycles. The molecule has 1 unspecified atom stereocenters. The lowest BCUT2D eigenvalue weighted by Gasteiger charge is -2.49. The Bertz CT molecular complexity index is 1460. The number of rotatable bonds is 10. The van der Waals surface area contributed by atoms with Crippen molar-refractivity contribution in [3.63, 3.8) is 0 Å². The van der Waals surface area contributed by atoms with Gasteiger partial charge >= 0.3 is 5.97 Å². The van der Waals surface area contributed by atoms with Gasteiger partial charge in [0, 0.05) is 29.5 Å². The lowest BCUT2D eigenvalue weighted by Crippen LogP contribution is -2.71. The minimum Gasteiger partial charge on any atom is -0.477 e. The first-order valence-corrected chi connectivity index (χ1v) is 14.2. The molecule has 0 spiro atoms. The van der Waals surface area contributed by atoms with Gasteiger partial charge in [-0.05, 0) is 34.9 Å². The Kier molecular flexibility index (Phi) is 7.81. The van der Waals surface area contributed by atoms with E-state index in [0.29, 0.717) is 28.7 Å². The molecule has 0 bridgehead atoms. The predicted octanol–water partition coefficient (Wildman–Crippen LogP) is 0.0594. The van der Waals surface area contributed by atoms with Crippen molar-refractivity contribution in [3.05, 3.63) is 28.9 Å². The average molecular weight is 589 g/mol. The zero-order chi connectivity index (χ0) is 27.5. The van der Waals surface area contributed by atoms with Crippen LogP contribution in [0, 0.1) is 12.3 Å². The number of carbonyl (C=O) groups is 3. The number of tetrazole rings is 1. The first-order chi connectivity index (χ1) is 18.9. The first-order valence-electron chi connectivity index (χ1n) is 11.4. The van der Waals surface area contributed by atoms with Gasteiger partial charge in [-0.25, -0.2) is 9.48 Å². The van der Waals surface area contributed by atoms with Crippen molar-refractivity contribution in [2.24, 2.45) is 5.16 Å². The summed E-state index contributed by atoms with van der Waals surface area (Å²) in [7, 11) is 0. The fourth-order valence-corrected chi connectivity index (χ4v) is 6.78. The number of β-lactam (4-membered cyclic amide) rings is 1. The number of thioether (sulfide) groups is 2. The van der Waals surface area contributed by atoms with E-state index in [4.69, 9.17) is 17.0 Å². The van der Waals surface area contributed by atoms with E-state index in [9.17, 15) is 19.5 Å². The highest BCUT2D eigenvalue weighted by atomic mass is 32.2. The largest absolute Gasteiger partial charge is 0.477 e. The molecule has 5 rings (SSSR count). The van der Waals surface area contributed by atoms with Crippen LogP contribution in [0.5, 0.6) is 0 Å². The Balaban J connectivity index is 1.30. The van der Waals surface area contributed by atoms with Crippen molar-refractivity contribution >= 4 is 63.7 Å². The molecule has 3 aliphatic rings. The molecular weight excluding hydrogens is 568 g/mol. The summed E-state index contributed by atoms with van der Waals surface area (Å²) in [6, 6.07) is -0.985. The molecule has 2 atom stereocenters. The molecule has 2 amide bonds. The van der Waals surface area contributed by atoms with Crippen LogP contribution in [0.3, 0.4) is 0 Å². The number of carboxylic acids is 1. The molecule has 39 heavy (non-hydrogen) atoms. The van der Waals surface area contributed by atoms with Crippen LogP contribution in [0.2, 0.25) is 0 Å². The van der Waals surface area contributed by atoms with E-state index in [0.717, 1.165) is 24.4 Å². The van der Waals surface area contributed by atoms with E-state index in [-0.39, 0.29) is 34.7 Å². The number of oxime groups is 1.